The highest BCUT2D eigenvalue weighted by molar-refractivity contribution is 6.23. The SMILES string of the molecule is Cc1ccc(-c2ccccc2)cc1C1=C(O)C2(CCCCC2)NC1=O. The molecule has 2 aromatic rings. The van der Waals surface area contributed by atoms with Crippen LogP contribution in [-0.4, -0.2) is 16.6 Å². The molecule has 2 N–H and O–H groups in total. The largest absolute Gasteiger partial charge is 0.509 e. The predicted molar refractivity (Wildman–Crippen MR) is 100 cm³/mol. The molecule has 0 unspecified atom stereocenters. The van der Waals surface area contributed by atoms with E-state index >= 15 is 0 Å². The van der Waals surface area contributed by atoms with Crippen molar-refractivity contribution < 1.29 is 9.90 Å². The zero-order chi connectivity index (χ0) is 17.4. The van der Waals surface area contributed by atoms with Crippen LogP contribution < -0.4 is 5.32 Å². The first-order valence-electron chi connectivity index (χ1n) is 9.03. The third kappa shape index (κ3) is 2.64. The number of benzene rings is 2. The third-order valence-electron chi connectivity index (χ3n) is 5.59. The number of hydrogen-bond donors (Lipinski definition) is 2. The zero-order valence-corrected chi connectivity index (χ0v) is 14.5. The number of aliphatic hydroxyl groups excluding tert-OH is 1. The third-order valence-corrected chi connectivity index (χ3v) is 5.59. The molecule has 128 valence electrons. The molecule has 1 fully saturated rings. The van der Waals surface area contributed by atoms with E-state index in [1.165, 1.54) is 6.42 Å². The zero-order valence-electron chi connectivity index (χ0n) is 14.5. The van der Waals surface area contributed by atoms with Crippen molar-refractivity contribution in [1.29, 1.82) is 0 Å². The maximum Gasteiger partial charge on any atom is 0.256 e. The van der Waals surface area contributed by atoms with Crippen LogP contribution in [-0.2, 0) is 4.79 Å². The van der Waals surface area contributed by atoms with Gasteiger partial charge < -0.3 is 10.4 Å². The van der Waals surface area contributed by atoms with Crippen molar-refractivity contribution in [3.8, 4) is 11.1 Å². The Morgan fingerprint density at radius 3 is 2.40 bits per heavy atom. The molecule has 1 saturated carbocycles. The Balaban J connectivity index is 1.82. The van der Waals surface area contributed by atoms with Crippen LogP contribution in [0.5, 0.6) is 0 Å². The van der Waals surface area contributed by atoms with E-state index in [2.05, 4.69) is 23.5 Å². The van der Waals surface area contributed by atoms with Crippen molar-refractivity contribution in [3.05, 3.63) is 65.4 Å². The fourth-order valence-corrected chi connectivity index (χ4v) is 4.15. The number of carbonyl (C=O) groups is 1. The maximum atomic E-state index is 12.7. The monoisotopic (exact) mass is 333 g/mol. The molecule has 1 aliphatic carbocycles. The van der Waals surface area contributed by atoms with Gasteiger partial charge in [-0.15, -0.1) is 0 Å². The van der Waals surface area contributed by atoms with Crippen molar-refractivity contribution in [3.63, 3.8) is 0 Å². The molecule has 4 rings (SSSR count). The van der Waals surface area contributed by atoms with Gasteiger partial charge >= 0.3 is 0 Å². The molecule has 3 nitrogen and oxygen atoms in total. The van der Waals surface area contributed by atoms with E-state index in [9.17, 15) is 9.90 Å². The van der Waals surface area contributed by atoms with E-state index in [4.69, 9.17) is 0 Å². The highest BCUT2D eigenvalue weighted by Crippen LogP contribution is 2.42. The van der Waals surface area contributed by atoms with E-state index in [1.807, 2.05) is 37.3 Å². The number of rotatable bonds is 2. The van der Waals surface area contributed by atoms with Gasteiger partial charge in [0.15, 0.2) is 0 Å². The van der Waals surface area contributed by atoms with Gasteiger partial charge in [-0.3, -0.25) is 4.79 Å². The number of carbonyl (C=O) groups excluding carboxylic acids is 1. The van der Waals surface area contributed by atoms with Crippen LogP contribution in [0.1, 0.15) is 43.2 Å². The highest BCUT2D eigenvalue weighted by Gasteiger charge is 2.46. The molecule has 1 amide bonds. The average Bonchev–Trinajstić information content (AvgIpc) is 2.87. The first-order chi connectivity index (χ1) is 12.1. The van der Waals surface area contributed by atoms with E-state index in [0.29, 0.717) is 5.57 Å². The van der Waals surface area contributed by atoms with Crippen molar-refractivity contribution in [2.24, 2.45) is 0 Å². The lowest BCUT2D eigenvalue weighted by molar-refractivity contribution is -0.116. The molecule has 2 aliphatic rings. The minimum atomic E-state index is -0.542. The first kappa shape index (κ1) is 15.9. The van der Waals surface area contributed by atoms with Gasteiger partial charge in [0.05, 0.1) is 11.1 Å². The molecular weight excluding hydrogens is 310 g/mol. The van der Waals surface area contributed by atoms with Crippen LogP contribution in [0, 0.1) is 6.92 Å². The van der Waals surface area contributed by atoms with E-state index in [0.717, 1.165) is 47.9 Å². The smallest absolute Gasteiger partial charge is 0.256 e. The second-order valence-corrected chi connectivity index (χ2v) is 7.22. The summed E-state index contributed by atoms with van der Waals surface area (Å²) in [5.74, 6) is 0.0956. The molecule has 0 radical (unpaired) electrons. The summed E-state index contributed by atoms with van der Waals surface area (Å²) in [6, 6.07) is 16.2. The van der Waals surface area contributed by atoms with Crippen LogP contribution in [0.3, 0.4) is 0 Å². The maximum absolute atomic E-state index is 12.7. The molecule has 0 saturated heterocycles. The lowest BCUT2D eigenvalue weighted by Gasteiger charge is -2.33. The molecule has 0 aromatic heterocycles. The first-order valence-corrected chi connectivity index (χ1v) is 9.03. The Hall–Kier alpha value is -2.55. The van der Waals surface area contributed by atoms with Crippen molar-refractivity contribution >= 4 is 11.5 Å². The summed E-state index contributed by atoms with van der Waals surface area (Å²) >= 11 is 0. The molecule has 1 heterocycles. The molecule has 0 bridgehead atoms. The lowest BCUT2D eigenvalue weighted by Crippen LogP contribution is -2.46. The standard InChI is InChI=1S/C22H23NO2/c1-15-10-11-17(16-8-4-2-5-9-16)14-18(15)19-20(24)22(23-21(19)25)12-6-3-7-13-22/h2,4-5,8-11,14,24H,3,6-7,12-13H2,1H3,(H,23,25). The molecule has 3 heteroatoms. The van der Waals surface area contributed by atoms with Gasteiger partial charge in [0, 0.05) is 0 Å². The Labute approximate surface area is 148 Å². The normalized spacial score (nSPS) is 19.3. The van der Waals surface area contributed by atoms with Gasteiger partial charge in [-0.05, 0) is 48.1 Å². The van der Waals surface area contributed by atoms with Gasteiger partial charge in [-0.2, -0.15) is 0 Å². The number of aliphatic hydroxyl groups is 1. The van der Waals surface area contributed by atoms with Gasteiger partial charge in [-0.25, -0.2) is 0 Å². The Kier molecular flexibility index (Phi) is 3.87. The van der Waals surface area contributed by atoms with Crippen LogP contribution in [0.25, 0.3) is 16.7 Å². The van der Waals surface area contributed by atoms with Crippen LogP contribution in [0.2, 0.25) is 0 Å². The lowest BCUT2D eigenvalue weighted by atomic mass is 9.80. The molecule has 2 aromatic carbocycles. The molecule has 0 atom stereocenters. The summed E-state index contributed by atoms with van der Waals surface area (Å²) < 4.78 is 0. The summed E-state index contributed by atoms with van der Waals surface area (Å²) in [5.41, 5.74) is 3.91. The van der Waals surface area contributed by atoms with E-state index < -0.39 is 5.54 Å². The quantitative estimate of drug-likeness (QED) is 0.832. The highest BCUT2D eigenvalue weighted by atomic mass is 16.3. The number of aryl methyl sites for hydroxylation is 1. The molecule has 1 aliphatic heterocycles. The van der Waals surface area contributed by atoms with Gasteiger partial charge in [0.1, 0.15) is 5.76 Å². The molecule has 25 heavy (non-hydrogen) atoms. The Morgan fingerprint density at radius 1 is 0.960 bits per heavy atom. The summed E-state index contributed by atoms with van der Waals surface area (Å²) in [7, 11) is 0. The van der Waals surface area contributed by atoms with E-state index in [1.54, 1.807) is 0 Å². The number of hydrogen-bond acceptors (Lipinski definition) is 2. The van der Waals surface area contributed by atoms with Gasteiger partial charge in [-0.1, -0.05) is 61.7 Å². The molecule has 1 spiro atoms. The van der Waals surface area contributed by atoms with Gasteiger partial charge in [0.25, 0.3) is 5.91 Å². The van der Waals surface area contributed by atoms with Crippen molar-refractivity contribution in [2.75, 3.05) is 0 Å². The Bertz CT molecular complexity index is 846. The summed E-state index contributed by atoms with van der Waals surface area (Å²) in [4.78, 5) is 12.7. The summed E-state index contributed by atoms with van der Waals surface area (Å²) in [6.07, 6.45) is 4.90. The summed E-state index contributed by atoms with van der Waals surface area (Å²) in [5, 5.41) is 14.1. The van der Waals surface area contributed by atoms with Crippen LogP contribution in [0.15, 0.2) is 54.3 Å². The number of amides is 1. The predicted octanol–water partition coefficient (Wildman–Crippen LogP) is 4.76. The topological polar surface area (TPSA) is 49.3 Å². The van der Waals surface area contributed by atoms with Crippen molar-refractivity contribution in [2.45, 2.75) is 44.6 Å². The summed E-state index contributed by atoms with van der Waals surface area (Å²) in [6.45, 7) is 1.99. The van der Waals surface area contributed by atoms with Gasteiger partial charge in [0.2, 0.25) is 0 Å². The fourth-order valence-electron chi connectivity index (χ4n) is 4.15. The van der Waals surface area contributed by atoms with E-state index in [-0.39, 0.29) is 11.7 Å². The average molecular weight is 333 g/mol. The fraction of sp³-hybridized carbons (Fsp3) is 0.318. The minimum absolute atomic E-state index is 0.146. The second-order valence-electron chi connectivity index (χ2n) is 7.22. The van der Waals surface area contributed by atoms with Crippen LogP contribution >= 0.6 is 0 Å². The number of nitrogens with one attached hydrogen (secondary N) is 1. The Morgan fingerprint density at radius 2 is 1.68 bits per heavy atom. The second kappa shape index (κ2) is 6.07. The minimum Gasteiger partial charge on any atom is -0.509 e. The molecular formula is C22H23NO2. The van der Waals surface area contributed by atoms with Crippen LogP contribution in [0.4, 0.5) is 0 Å². The van der Waals surface area contributed by atoms with Crippen molar-refractivity contribution in [1.82, 2.24) is 5.32 Å².